The predicted molar refractivity (Wildman–Crippen MR) is 73.8 cm³/mol. The molecule has 0 saturated carbocycles. The molecule has 2 aromatic carbocycles. The first kappa shape index (κ1) is 11.8. The number of nitrogens with zero attached hydrogens (tertiary/aromatic N) is 3. The van der Waals surface area contributed by atoms with Gasteiger partial charge in [0.05, 0.1) is 5.56 Å². The van der Waals surface area contributed by atoms with E-state index < -0.39 is 0 Å². The van der Waals surface area contributed by atoms with E-state index in [4.69, 9.17) is 4.74 Å². The third kappa shape index (κ3) is 1.88. The minimum Gasteiger partial charge on any atom is -0.488 e. The zero-order valence-corrected chi connectivity index (χ0v) is 10.9. The lowest BCUT2D eigenvalue weighted by molar-refractivity contribution is 0.103. The van der Waals surface area contributed by atoms with E-state index in [2.05, 4.69) is 20.6 Å². The Morgan fingerprint density at radius 1 is 1.10 bits per heavy atom. The molecule has 3 aromatic rings. The number of ether oxygens (including phenoxy) is 1. The smallest absolute Gasteiger partial charge is 0.204 e. The van der Waals surface area contributed by atoms with Crippen molar-refractivity contribution < 1.29 is 9.53 Å². The molecule has 0 fully saturated rings. The van der Waals surface area contributed by atoms with Gasteiger partial charge in [-0.05, 0) is 17.3 Å². The van der Waals surface area contributed by atoms with Gasteiger partial charge in [0.25, 0.3) is 0 Å². The van der Waals surface area contributed by atoms with Gasteiger partial charge in [-0.3, -0.25) is 4.79 Å². The quantitative estimate of drug-likeness (QED) is 0.736. The summed E-state index contributed by atoms with van der Waals surface area (Å²) in [5, 5.41) is 13.8. The van der Waals surface area contributed by atoms with Crippen LogP contribution in [-0.2, 0) is 6.61 Å². The van der Waals surface area contributed by atoms with Crippen LogP contribution >= 0.6 is 0 Å². The van der Waals surface area contributed by atoms with Gasteiger partial charge in [-0.25, -0.2) is 0 Å². The number of tetrazole rings is 1. The maximum Gasteiger partial charge on any atom is 0.204 e. The fourth-order valence-corrected chi connectivity index (χ4v) is 2.42. The molecule has 0 unspecified atom stereocenters. The van der Waals surface area contributed by atoms with Crippen LogP contribution in [0.2, 0.25) is 0 Å². The molecule has 4 rings (SSSR count). The Morgan fingerprint density at radius 3 is 2.86 bits per heavy atom. The average Bonchev–Trinajstić information content (AvgIpc) is 3.02. The lowest BCUT2D eigenvalue weighted by atomic mass is 9.98. The summed E-state index contributed by atoms with van der Waals surface area (Å²) in [5.41, 5.74) is 2.87. The SMILES string of the molecule is O=C1c2ccccc2COc2cc(-c3nn[nH]n3)ccc21. The minimum atomic E-state index is -0.0299. The summed E-state index contributed by atoms with van der Waals surface area (Å²) in [7, 11) is 0. The summed E-state index contributed by atoms with van der Waals surface area (Å²) in [6.45, 7) is 0.366. The highest BCUT2D eigenvalue weighted by Gasteiger charge is 2.22. The highest BCUT2D eigenvalue weighted by molar-refractivity contribution is 6.12. The number of fused-ring (bicyclic) bond motifs is 2. The number of nitrogens with one attached hydrogen (secondary N) is 1. The summed E-state index contributed by atoms with van der Waals surface area (Å²) in [6, 6.07) is 12.8. The molecule has 21 heavy (non-hydrogen) atoms. The van der Waals surface area contributed by atoms with Crippen LogP contribution in [0.4, 0.5) is 0 Å². The molecule has 6 nitrogen and oxygen atoms in total. The Hall–Kier alpha value is -3.02. The van der Waals surface area contributed by atoms with Crippen LogP contribution < -0.4 is 4.74 Å². The van der Waals surface area contributed by atoms with Crippen LogP contribution in [-0.4, -0.2) is 26.4 Å². The van der Waals surface area contributed by atoms with Gasteiger partial charge in [-0.1, -0.05) is 30.3 Å². The Balaban J connectivity index is 1.83. The van der Waals surface area contributed by atoms with Gasteiger partial charge in [0.15, 0.2) is 5.78 Å². The molecule has 0 saturated heterocycles. The van der Waals surface area contributed by atoms with E-state index in [1.165, 1.54) is 0 Å². The molecule has 0 bridgehead atoms. The number of benzene rings is 2. The number of carbonyl (C=O) groups is 1. The van der Waals surface area contributed by atoms with Gasteiger partial charge in [-0.15, -0.1) is 10.2 Å². The fraction of sp³-hybridized carbons (Fsp3) is 0.0667. The van der Waals surface area contributed by atoms with Crippen LogP contribution in [0.1, 0.15) is 21.5 Å². The first-order chi connectivity index (χ1) is 10.3. The maximum absolute atomic E-state index is 12.6. The maximum atomic E-state index is 12.6. The lowest BCUT2D eigenvalue weighted by Gasteiger charge is -2.07. The average molecular weight is 278 g/mol. The third-order valence-electron chi connectivity index (χ3n) is 3.47. The van der Waals surface area contributed by atoms with Crippen molar-refractivity contribution in [3.05, 3.63) is 59.2 Å². The van der Waals surface area contributed by atoms with Gasteiger partial charge in [-0.2, -0.15) is 5.21 Å². The molecule has 1 aliphatic heterocycles. The summed E-state index contributed by atoms with van der Waals surface area (Å²) in [4.78, 5) is 12.6. The number of aromatic nitrogens is 4. The summed E-state index contributed by atoms with van der Waals surface area (Å²) in [5.74, 6) is 0.979. The molecule has 0 atom stereocenters. The first-order valence-electron chi connectivity index (χ1n) is 6.46. The largest absolute Gasteiger partial charge is 0.488 e. The highest BCUT2D eigenvalue weighted by atomic mass is 16.5. The van der Waals surface area contributed by atoms with Crippen molar-refractivity contribution in [2.24, 2.45) is 0 Å². The second-order valence-electron chi connectivity index (χ2n) is 4.72. The Bertz CT molecular complexity index is 827. The lowest BCUT2D eigenvalue weighted by Crippen LogP contribution is -2.02. The van der Waals surface area contributed by atoms with E-state index in [0.29, 0.717) is 29.3 Å². The fourth-order valence-electron chi connectivity index (χ4n) is 2.42. The van der Waals surface area contributed by atoms with Crippen LogP contribution in [0.3, 0.4) is 0 Å². The number of aromatic amines is 1. The number of carbonyl (C=O) groups excluding carboxylic acids is 1. The Labute approximate surface area is 119 Å². The zero-order chi connectivity index (χ0) is 14.2. The standard InChI is InChI=1S/C15H10N4O2/c20-14-11-4-2-1-3-10(11)8-21-13-7-9(5-6-12(13)14)15-16-18-19-17-15/h1-7H,8H2,(H,16,17,18,19). The van der Waals surface area contributed by atoms with Crippen molar-refractivity contribution in [2.75, 3.05) is 0 Å². The molecule has 102 valence electrons. The van der Waals surface area contributed by atoms with Gasteiger partial charge in [0, 0.05) is 16.7 Å². The topological polar surface area (TPSA) is 80.8 Å². The van der Waals surface area contributed by atoms with E-state index in [-0.39, 0.29) is 5.78 Å². The molecular formula is C15H10N4O2. The molecule has 2 heterocycles. The monoisotopic (exact) mass is 278 g/mol. The summed E-state index contributed by atoms with van der Waals surface area (Å²) >= 11 is 0. The van der Waals surface area contributed by atoms with Crippen molar-refractivity contribution in [2.45, 2.75) is 6.61 Å². The second-order valence-corrected chi connectivity index (χ2v) is 4.72. The van der Waals surface area contributed by atoms with Crippen LogP contribution in [0.5, 0.6) is 5.75 Å². The molecule has 1 aromatic heterocycles. The van der Waals surface area contributed by atoms with E-state index in [1.807, 2.05) is 24.3 Å². The molecule has 0 spiro atoms. The van der Waals surface area contributed by atoms with Crippen LogP contribution in [0.15, 0.2) is 42.5 Å². The zero-order valence-electron chi connectivity index (χ0n) is 10.9. The number of hydrogen-bond acceptors (Lipinski definition) is 5. The summed E-state index contributed by atoms with van der Waals surface area (Å²) < 4.78 is 5.78. The molecule has 0 radical (unpaired) electrons. The Morgan fingerprint density at radius 2 is 2.00 bits per heavy atom. The number of H-pyrrole nitrogens is 1. The summed E-state index contributed by atoms with van der Waals surface area (Å²) in [6.07, 6.45) is 0. The van der Waals surface area contributed by atoms with E-state index in [9.17, 15) is 4.79 Å². The molecule has 0 amide bonds. The highest BCUT2D eigenvalue weighted by Crippen LogP contribution is 2.31. The molecular weight excluding hydrogens is 268 g/mol. The second kappa shape index (κ2) is 4.52. The van der Waals surface area contributed by atoms with E-state index >= 15 is 0 Å². The van der Waals surface area contributed by atoms with Crippen molar-refractivity contribution in [3.8, 4) is 17.1 Å². The van der Waals surface area contributed by atoms with E-state index in [1.54, 1.807) is 18.2 Å². The van der Waals surface area contributed by atoms with Gasteiger partial charge < -0.3 is 4.74 Å². The Kier molecular flexibility index (Phi) is 2.53. The van der Waals surface area contributed by atoms with Gasteiger partial charge in [0.2, 0.25) is 5.82 Å². The van der Waals surface area contributed by atoms with Gasteiger partial charge >= 0.3 is 0 Å². The van der Waals surface area contributed by atoms with Crippen molar-refractivity contribution in [3.63, 3.8) is 0 Å². The molecule has 1 N–H and O–H groups in total. The number of hydrogen-bond donors (Lipinski definition) is 1. The first-order valence-corrected chi connectivity index (χ1v) is 6.46. The number of ketones is 1. The normalized spacial score (nSPS) is 13.0. The predicted octanol–water partition coefficient (Wildman–Crippen LogP) is 1.99. The van der Waals surface area contributed by atoms with Crippen LogP contribution in [0, 0.1) is 0 Å². The molecule has 6 heteroatoms. The number of rotatable bonds is 1. The molecule has 0 aliphatic carbocycles. The minimum absolute atomic E-state index is 0.0299. The van der Waals surface area contributed by atoms with Crippen molar-refractivity contribution >= 4 is 5.78 Å². The third-order valence-corrected chi connectivity index (χ3v) is 3.47. The van der Waals surface area contributed by atoms with Crippen molar-refractivity contribution in [1.82, 2.24) is 20.6 Å². The van der Waals surface area contributed by atoms with E-state index in [0.717, 1.165) is 11.1 Å². The van der Waals surface area contributed by atoms with Crippen molar-refractivity contribution in [1.29, 1.82) is 0 Å². The van der Waals surface area contributed by atoms with Gasteiger partial charge in [0.1, 0.15) is 12.4 Å². The molecule has 1 aliphatic rings. The van der Waals surface area contributed by atoms with Crippen LogP contribution in [0.25, 0.3) is 11.4 Å².